The molecule has 18 heavy (non-hydrogen) atoms. The number of aliphatic hydroxyl groups excluding tert-OH is 1. The zero-order chi connectivity index (χ0) is 12.8. The molecule has 1 saturated carbocycles. The summed E-state index contributed by atoms with van der Waals surface area (Å²) in [6.07, 6.45) is 6.08. The summed E-state index contributed by atoms with van der Waals surface area (Å²) in [5, 5.41) is 13.2. The van der Waals surface area contributed by atoms with E-state index in [4.69, 9.17) is 9.47 Å². The van der Waals surface area contributed by atoms with Crippen LogP contribution in [0, 0.1) is 5.92 Å². The molecule has 0 aromatic heterocycles. The highest BCUT2D eigenvalue weighted by Gasteiger charge is 2.23. The maximum absolute atomic E-state index is 9.79. The second-order valence-electron chi connectivity index (χ2n) is 5.81. The Bertz CT molecular complexity index is 227. The number of hydrogen-bond acceptors (Lipinski definition) is 4. The Morgan fingerprint density at radius 3 is 2.89 bits per heavy atom. The molecule has 0 bridgehead atoms. The Morgan fingerprint density at radius 2 is 2.22 bits per heavy atom. The van der Waals surface area contributed by atoms with E-state index in [1.54, 1.807) is 0 Å². The van der Waals surface area contributed by atoms with Crippen LogP contribution in [0.5, 0.6) is 0 Å². The van der Waals surface area contributed by atoms with Crippen molar-refractivity contribution in [1.82, 2.24) is 5.32 Å². The van der Waals surface area contributed by atoms with E-state index in [9.17, 15) is 5.11 Å². The fourth-order valence-electron chi connectivity index (χ4n) is 2.44. The summed E-state index contributed by atoms with van der Waals surface area (Å²) in [4.78, 5) is 0. The van der Waals surface area contributed by atoms with Gasteiger partial charge in [0, 0.05) is 19.2 Å². The summed E-state index contributed by atoms with van der Waals surface area (Å²) in [7, 11) is 0. The van der Waals surface area contributed by atoms with Gasteiger partial charge in [0.1, 0.15) is 0 Å². The first kappa shape index (κ1) is 14.3. The molecule has 2 N–H and O–H groups in total. The van der Waals surface area contributed by atoms with Gasteiger partial charge in [0.2, 0.25) is 0 Å². The van der Waals surface area contributed by atoms with Crippen molar-refractivity contribution in [3.05, 3.63) is 0 Å². The smallest absolute Gasteiger partial charge is 0.0897 e. The fraction of sp³-hybridized carbons (Fsp3) is 1.00. The van der Waals surface area contributed by atoms with Gasteiger partial charge in [-0.3, -0.25) is 0 Å². The van der Waals surface area contributed by atoms with Crippen LogP contribution in [0.3, 0.4) is 0 Å². The monoisotopic (exact) mass is 257 g/mol. The molecular formula is C14H27NO3. The van der Waals surface area contributed by atoms with Crippen molar-refractivity contribution in [2.24, 2.45) is 5.92 Å². The molecule has 1 heterocycles. The standard InChI is InChI=1S/C14H27NO3/c1-11(7-12-4-5-12)15-8-13(16)9-17-10-14-3-2-6-18-14/h11-16H,2-10H2,1H3. The van der Waals surface area contributed by atoms with E-state index in [2.05, 4.69) is 12.2 Å². The van der Waals surface area contributed by atoms with Crippen LogP contribution in [-0.4, -0.2) is 49.7 Å². The molecule has 3 unspecified atom stereocenters. The molecule has 106 valence electrons. The Morgan fingerprint density at radius 1 is 1.39 bits per heavy atom. The quantitative estimate of drug-likeness (QED) is 0.654. The van der Waals surface area contributed by atoms with Gasteiger partial charge >= 0.3 is 0 Å². The minimum atomic E-state index is -0.409. The van der Waals surface area contributed by atoms with Crippen LogP contribution in [0.4, 0.5) is 0 Å². The van der Waals surface area contributed by atoms with Crippen molar-refractivity contribution in [3.63, 3.8) is 0 Å². The van der Waals surface area contributed by atoms with Crippen LogP contribution in [0.25, 0.3) is 0 Å². The van der Waals surface area contributed by atoms with Gasteiger partial charge in [-0.05, 0) is 32.1 Å². The highest BCUT2D eigenvalue weighted by atomic mass is 16.5. The van der Waals surface area contributed by atoms with E-state index in [0.717, 1.165) is 25.4 Å². The van der Waals surface area contributed by atoms with Crippen LogP contribution < -0.4 is 5.32 Å². The minimum absolute atomic E-state index is 0.249. The number of hydrogen-bond donors (Lipinski definition) is 2. The molecule has 0 radical (unpaired) electrons. The van der Waals surface area contributed by atoms with Crippen molar-refractivity contribution in [1.29, 1.82) is 0 Å². The lowest BCUT2D eigenvalue weighted by Gasteiger charge is -2.18. The van der Waals surface area contributed by atoms with Crippen molar-refractivity contribution < 1.29 is 14.6 Å². The van der Waals surface area contributed by atoms with Crippen molar-refractivity contribution >= 4 is 0 Å². The number of nitrogens with one attached hydrogen (secondary N) is 1. The molecule has 2 rings (SSSR count). The Hall–Kier alpha value is -0.160. The van der Waals surface area contributed by atoms with E-state index in [1.165, 1.54) is 19.3 Å². The third kappa shape index (κ3) is 5.65. The molecule has 0 spiro atoms. The maximum atomic E-state index is 9.79. The third-order valence-electron chi connectivity index (χ3n) is 3.72. The molecule has 1 aliphatic carbocycles. The van der Waals surface area contributed by atoms with Crippen molar-refractivity contribution in [2.75, 3.05) is 26.4 Å². The first-order chi connectivity index (χ1) is 8.74. The summed E-state index contributed by atoms with van der Waals surface area (Å²) < 4.78 is 11.0. The Labute approximate surface area is 110 Å². The average Bonchev–Trinajstić information content (AvgIpc) is 3.00. The van der Waals surface area contributed by atoms with Gasteiger partial charge in [-0.2, -0.15) is 0 Å². The first-order valence-electron chi connectivity index (χ1n) is 7.35. The SMILES string of the molecule is CC(CC1CC1)NCC(O)COCC1CCCO1. The van der Waals surface area contributed by atoms with Crippen LogP contribution >= 0.6 is 0 Å². The highest BCUT2D eigenvalue weighted by molar-refractivity contribution is 4.78. The van der Waals surface area contributed by atoms with E-state index in [0.29, 0.717) is 25.8 Å². The van der Waals surface area contributed by atoms with E-state index in [-0.39, 0.29) is 6.10 Å². The van der Waals surface area contributed by atoms with E-state index in [1.807, 2.05) is 0 Å². The van der Waals surface area contributed by atoms with Crippen LogP contribution in [0.15, 0.2) is 0 Å². The zero-order valence-electron chi connectivity index (χ0n) is 11.4. The molecular weight excluding hydrogens is 230 g/mol. The van der Waals surface area contributed by atoms with Crippen LogP contribution in [0.2, 0.25) is 0 Å². The molecule has 2 aliphatic rings. The topological polar surface area (TPSA) is 50.7 Å². The highest BCUT2D eigenvalue weighted by Crippen LogP contribution is 2.33. The maximum Gasteiger partial charge on any atom is 0.0897 e. The van der Waals surface area contributed by atoms with Gasteiger partial charge in [-0.15, -0.1) is 0 Å². The molecule has 2 fully saturated rings. The molecule has 1 aliphatic heterocycles. The van der Waals surface area contributed by atoms with Crippen molar-refractivity contribution in [3.8, 4) is 0 Å². The molecule has 0 amide bonds. The Kier molecular flexibility index (Phi) is 5.89. The molecule has 4 nitrogen and oxygen atoms in total. The minimum Gasteiger partial charge on any atom is -0.389 e. The third-order valence-corrected chi connectivity index (χ3v) is 3.72. The van der Waals surface area contributed by atoms with Gasteiger partial charge in [0.05, 0.1) is 25.4 Å². The fourth-order valence-corrected chi connectivity index (χ4v) is 2.44. The largest absolute Gasteiger partial charge is 0.389 e. The lowest BCUT2D eigenvalue weighted by atomic mass is 10.1. The van der Waals surface area contributed by atoms with Crippen molar-refractivity contribution in [2.45, 2.75) is 57.3 Å². The predicted molar refractivity (Wildman–Crippen MR) is 70.6 cm³/mol. The summed E-state index contributed by atoms with van der Waals surface area (Å²) in [6.45, 7) is 4.70. The predicted octanol–water partition coefficient (Wildman–Crippen LogP) is 1.32. The number of ether oxygens (including phenoxy) is 2. The summed E-state index contributed by atoms with van der Waals surface area (Å²) >= 11 is 0. The van der Waals surface area contributed by atoms with Crippen LogP contribution in [-0.2, 0) is 9.47 Å². The second-order valence-corrected chi connectivity index (χ2v) is 5.81. The molecule has 0 aromatic rings. The van der Waals surface area contributed by atoms with E-state index < -0.39 is 6.10 Å². The number of rotatable bonds is 9. The lowest BCUT2D eigenvalue weighted by Crippen LogP contribution is -2.36. The van der Waals surface area contributed by atoms with Gasteiger partial charge in [0.15, 0.2) is 0 Å². The molecule has 4 heteroatoms. The molecule has 1 saturated heterocycles. The zero-order valence-corrected chi connectivity index (χ0v) is 11.4. The summed E-state index contributed by atoms with van der Waals surface area (Å²) in [5.74, 6) is 0.931. The molecule has 3 atom stereocenters. The summed E-state index contributed by atoms with van der Waals surface area (Å²) in [6, 6.07) is 0.505. The Balaban J connectivity index is 1.44. The first-order valence-corrected chi connectivity index (χ1v) is 7.35. The van der Waals surface area contributed by atoms with Gasteiger partial charge in [0.25, 0.3) is 0 Å². The summed E-state index contributed by atoms with van der Waals surface area (Å²) in [5.41, 5.74) is 0. The van der Waals surface area contributed by atoms with E-state index >= 15 is 0 Å². The van der Waals surface area contributed by atoms with Gasteiger partial charge < -0.3 is 19.9 Å². The lowest BCUT2D eigenvalue weighted by molar-refractivity contribution is -0.0169. The molecule has 0 aromatic carbocycles. The normalized spacial score (nSPS) is 27.3. The van der Waals surface area contributed by atoms with Gasteiger partial charge in [-0.25, -0.2) is 0 Å². The van der Waals surface area contributed by atoms with Gasteiger partial charge in [-0.1, -0.05) is 12.8 Å². The second kappa shape index (κ2) is 7.43. The average molecular weight is 257 g/mol. The van der Waals surface area contributed by atoms with Crippen LogP contribution in [0.1, 0.15) is 39.0 Å². The number of aliphatic hydroxyl groups is 1.